The van der Waals surface area contributed by atoms with Crippen molar-refractivity contribution < 1.29 is 14.7 Å². The van der Waals surface area contributed by atoms with Gasteiger partial charge >= 0.3 is 5.97 Å². The summed E-state index contributed by atoms with van der Waals surface area (Å²) < 4.78 is 1.94. The smallest absolute Gasteiger partial charge is 0.326 e. The van der Waals surface area contributed by atoms with Crippen LogP contribution in [-0.2, 0) is 16.1 Å². The standard InChI is InChI=1S/C18H20BrN3O4/c1-11(2)9-15(18(25)26)20-16(23)10-22-17(24)8-7-14(21-22)12-3-5-13(19)6-4-12/h3-8,11,15H,9-10H2,1-2H3,(H,20,23)(H,25,26)/t15-/m0/s1. The third-order valence-electron chi connectivity index (χ3n) is 3.64. The Bertz CT molecular complexity index is 846. The van der Waals surface area contributed by atoms with Crippen LogP contribution in [0.2, 0.25) is 0 Å². The van der Waals surface area contributed by atoms with Gasteiger partial charge < -0.3 is 10.4 Å². The van der Waals surface area contributed by atoms with Crippen LogP contribution in [-0.4, -0.2) is 32.8 Å². The van der Waals surface area contributed by atoms with Gasteiger partial charge in [-0.3, -0.25) is 9.59 Å². The Labute approximate surface area is 159 Å². The first-order chi connectivity index (χ1) is 12.3. The summed E-state index contributed by atoms with van der Waals surface area (Å²) in [6.07, 6.45) is 0.308. The molecule has 0 aliphatic heterocycles. The topological polar surface area (TPSA) is 101 Å². The van der Waals surface area contributed by atoms with E-state index in [4.69, 9.17) is 0 Å². The molecular formula is C18H20BrN3O4. The number of carbonyl (C=O) groups excluding carboxylic acids is 1. The van der Waals surface area contributed by atoms with E-state index in [1.54, 1.807) is 6.07 Å². The molecule has 2 aromatic rings. The fourth-order valence-electron chi connectivity index (χ4n) is 2.41. The van der Waals surface area contributed by atoms with Gasteiger partial charge in [-0.1, -0.05) is 41.9 Å². The minimum absolute atomic E-state index is 0.109. The number of benzene rings is 1. The minimum Gasteiger partial charge on any atom is -0.480 e. The summed E-state index contributed by atoms with van der Waals surface area (Å²) in [7, 11) is 0. The number of aromatic nitrogens is 2. The van der Waals surface area contributed by atoms with Gasteiger partial charge in [-0.25, -0.2) is 9.48 Å². The molecule has 0 saturated carbocycles. The maximum Gasteiger partial charge on any atom is 0.326 e. The van der Waals surface area contributed by atoms with Crippen LogP contribution in [0.15, 0.2) is 45.7 Å². The fraction of sp³-hybridized carbons (Fsp3) is 0.333. The predicted octanol–water partition coefficient (Wildman–Crippen LogP) is 2.29. The lowest BCUT2D eigenvalue weighted by Crippen LogP contribution is -2.44. The number of nitrogens with zero attached hydrogens (tertiary/aromatic N) is 2. The molecule has 0 bridgehead atoms. The molecule has 1 aromatic heterocycles. The Morgan fingerprint density at radius 1 is 1.19 bits per heavy atom. The molecule has 1 aromatic carbocycles. The van der Waals surface area contributed by atoms with Gasteiger partial charge in [-0.15, -0.1) is 0 Å². The third kappa shape index (κ3) is 5.52. The number of rotatable bonds is 7. The zero-order valence-corrected chi connectivity index (χ0v) is 16.1. The normalized spacial score (nSPS) is 12.0. The van der Waals surface area contributed by atoms with Crippen molar-refractivity contribution in [3.8, 4) is 11.3 Å². The van der Waals surface area contributed by atoms with Gasteiger partial charge in [0.05, 0.1) is 5.69 Å². The van der Waals surface area contributed by atoms with E-state index < -0.39 is 23.5 Å². The molecule has 7 nitrogen and oxygen atoms in total. The van der Waals surface area contributed by atoms with Crippen molar-refractivity contribution in [2.24, 2.45) is 5.92 Å². The second-order valence-electron chi connectivity index (χ2n) is 6.31. The van der Waals surface area contributed by atoms with Gasteiger partial charge in [0.2, 0.25) is 5.91 Å². The number of carboxylic acids is 1. The number of carboxylic acid groups (broad SMARTS) is 1. The van der Waals surface area contributed by atoms with Gasteiger partial charge in [0, 0.05) is 16.1 Å². The van der Waals surface area contributed by atoms with Crippen LogP contribution >= 0.6 is 15.9 Å². The molecule has 138 valence electrons. The van der Waals surface area contributed by atoms with Crippen molar-refractivity contribution in [2.45, 2.75) is 32.9 Å². The van der Waals surface area contributed by atoms with Gasteiger partial charge in [0.15, 0.2) is 0 Å². The molecule has 0 spiro atoms. The van der Waals surface area contributed by atoms with E-state index in [1.807, 2.05) is 38.1 Å². The van der Waals surface area contributed by atoms with Crippen molar-refractivity contribution in [3.63, 3.8) is 0 Å². The Morgan fingerprint density at radius 2 is 1.85 bits per heavy atom. The molecular weight excluding hydrogens is 402 g/mol. The average molecular weight is 422 g/mol. The van der Waals surface area contributed by atoms with Crippen LogP contribution in [0, 0.1) is 5.92 Å². The van der Waals surface area contributed by atoms with Crippen molar-refractivity contribution in [3.05, 3.63) is 51.2 Å². The summed E-state index contributed by atoms with van der Waals surface area (Å²) in [5.74, 6) is -1.56. The van der Waals surface area contributed by atoms with E-state index in [1.165, 1.54) is 6.07 Å². The summed E-state index contributed by atoms with van der Waals surface area (Å²) >= 11 is 3.35. The highest BCUT2D eigenvalue weighted by Crippen LogP contribution is 2.18. The molecule has 26 heavy (non-hydrogen) atoms. The van der Waals surface area contributed by atoms with E-state index >= 15 is 0 Å². The van der Waals surface area contributed by atoms with E-state index in [0.29, 0.717) is 12.1 Å². The van der Waals surface area contributed by atoms with Gasteiger partial charge in [0.1, 0.15) is 12.6 Å². The van der Waals surface area contributed by atoms with Crippen LogP contribution in [0.1, 0.15) is 20.3 Å². The van der Waals surface area contributed by atoms with Crippen molar-refractivity contribution in [1.82, 2.24) is 15.1 Å². The molecule has 2 rings (SSSR count). The molecule has 1 atom stereocenters. The Hall–Kier alpha value is -2.48. The van der Waals surface area contributed by atoms with Crippen LogP contribution in [0.5, 0.6) is 0 Å². The molecule has 0 fully saturated rings. The molecule has 1 amide bonds. The Balaban J connectivity index is 2.16. The second kappa shape index (κ2) is 8.75. The molecule has 0 saturated heterocycles. The minimum atomic E-state index is -1.10. The van der Waals surface area contributed by atoms with Gasteiger partial charge in [-0.2, -0.15) is 5.10 Å². The molecule has 0 aliphatic rings. The zero-order valence-electron chi connectivity index (χ0n) is 14.5. The average Bonchev–Trinajstić information content (AvgIpc) is 2.56. The number of aliphatic carboxylic acids is 1. The number of amides is 1. The molecule has 0 radical (unpaired) electrons. The van der Waals surface area contributed by atoms with Crippen LogP contribution in [0.25, 0.3) is 11.3 Å². The summed E-state index contributed by atoms with van der Waals surface area (Å²) in [5.41, 5.74) is 0.907. The number of hydrogen-bond donors (Lipinski definition) is 2. The summed E-state index contributed by atoms with van der Waals surface area (Å²) in [4.78, 5) is 35.4. The van der Waals surface area contributed by atoms with E-state index in [9.17, 15) is 19.5 Å². The molecule has 1 heterocycles. The van der Waals surface area contributed by atoms with Crippen molar-refractivity contribution in [1.29, 1.82) is 0 Å². The molecule has 2 N–H and O–H groups in total. The molecule has 8 heteroatoms. The second-order valence-corrected chi connectivity index (χ2v) is 7.22. The first kappa shape index (κ1) is 19.8. The van der Waals surface area contributed by atoms with Crippen LogP contribution < -0.4 is 10.9 Å². The van der Waals surface area contributed by atoms with Crippen LogP contribution in [0.4, 0.5) is 0 Å². The number of halogens is 1. The van der Waals surface area contributed by atoms with Crippen molar-refractivity contribution in [2.75, 3.05) is 0 Å². The quantitative estimate of drug-likeness (QED) is 0.713. The first-order valence-electron chi connectivity index (χ1n) is 8.12. The lowest BCUT2D eigenvalue weighted by molar-refractivity contribution is -0.142. The molecule has 0 aliphatic carbocycles. The summed E-state index contributed by atoms with van der Waals surface area (Å²) in [6, 6.07) is 9.30. The fourth-order valence-corrected chi connectivity index (χ4v) is 2.67. The predicted molar refractivity (Wildman–Crippen MR) is 101 cm³/mol. The van der Waals surface area contributed by atoms with E-state index in [2.05, 4.69) is 26.3 Å². The van der Waals surface area contributed by atoms with Gasteiger partial charge in [-0.05, 0) is 30.5 Å². The lowest BCUT2D eigenvalue weighted by Gasteiger charge is -2.16. The summed E-state index contributed by atoms with van der Waals surface area (Å²) in [6.45, 7) is 3.40. The van der Waals surface area contributed by atoms with Gasteiger partial charge in [0.25, 0.3) is 5.56 Å². The third-order valence-corrected chi connectivity index (χ3v) is 4.17. The SMILES string of the molecule is CC(C)C[C@H](NC(=O)Cn1nc(-c2ccc(Br)cc2)ccc1=O)C(=O)O. The maximum absolute atomic E-state index is 12.2. The van der Waals surface area contributed by atoms with E-state index in [0.717, 1.165) is 14.7 Å². The highest BCUT2D eigenvalue weighted by molar-refractivity contribution is 9.10. The largest absolute Gasteiger partial charge is 0.480 e. The number of carbonyl (C=O) groups is 2. The Kier molecular flexibility index (Phi) is 6.68. The Morgan fingerprint density at radius 3 is 2.42 bits per heavy atom. The van der Waals surface area contributed by atoms with E-state index in [-0.39, 0.29) is 12.5 Å². The highest BCUT2D eigenvalue weighted by atomic mass is 79.9. The monoisotopic (exact) mass is 421 g/mol. The highest BCUT2D eigenvalue weighted by Gasteiger charge is 2.21. The number of nitrogens with one attached hydrogen (secondary N) is 1. The summed E-state index contributed by atoms with van der Waals surface area (Å²) in [5, 5.41) is 15.9. The lowest BCUT2D eigenvalue weighted by atomic mass is 10.0. The van der Waals surface area contributed by atoms with Crippen LogP contribution in [0.3, 0.4) is 0 Å². The number of hydrogen-bond acceptors (Lipinski definition) is 4. The molecule has 0 unspecified atom stereocenters. The van der Waals surface area contributed by atoms with Crippen molar-refractivity contribution >= 4 is 27.8 Å². The maximum atomic E-state index is 12.2. The zero-order chi connectivity index (χ0) is 19.3. The first-order valence-corrected chi connectivity index (χ1v) is 8.92.